The van der Waals surface area contributed by atoms with Crippen LogP contribution in [-0.4, -0.2) is 28.1 Å². The van der Waals surface area contributed by atoms with Crippen molar-refractivity contribution >= 4 is 17.7 Å². The van der Waals surface area contributed by atoms with Crippen molar-refractivity contribution in [2.75, 3.05) is 11.5 Å². The molecule has 0 aromatic heterocycles. The molecular weight excluding hydrogens is 241 g/mol. The minimum Gasteiger partial charge on any atom is -0.379 e. The molecule has 1 amide bonds. The highest BCUT2D eigenvalue weighted by Crippen LogP contribution is 2.27. The minimum absolute atomic E-state index is 0.110. The van der Waals surface area contributed by atoms with Gasteiger partial charge >= 0.3 is 0 Å². The van der Waals surface area contributed by atoms with Gasteiger partial charge in [-0.15, -0.1) is 0 Å². The monoisotopic (exact) mass is 255 g/mol. The van der Waals surface area contributed by atoms with Gasteiger partial charge in [0, 0.05) is 17.9 Å². The van der Waals surface area contributed by atoms with E-state index in [-0.39, 0.29) is 12.4 Å². The van der Waals surface area contributed by atoms with E-state index in [9.17, 15) is 14.3 Å². The van der Waals surface area contributed by atoms with Crippen LogP contribution in [0.1, 0.15) is 12.0 Å². The molecule has 1 unspecified atom stereocenters. The Balaban J connectivity index is 1.94. The van der Waals surface area contributed by atoms with Crippen molar-refractivity contribution in [3.05, 3.63) is 35.6 Å². The summed E-state index contributed by atoms with van der Waals surface area (Å²) in [5.41, 5.74) is -0.856. The van der Waals surface area contributed by atoms with Gasteiger partial charge in [0.2, 0.25) is 0 Å². The third-order valence-corrected chi connectivity index (χ3v) is 4.00. The Hall–Kier alpha value is -1.07. The van der Waals surface area contributed by atoms with E-state index >= 15 is 0 Å². The topological polar surface area (TPSA) is 49.3 Å². The lowest BCUT2D eigenvalue weighted by Crippen LogP contribution is -2.46. The quantitative estimate of drug-likeness (QED) is 0.856. The first-order valence-corrected chi connectivity index (χ1v) is 6.59. The zero-order chi connectivity index (χ0) is 12.3. The number of benzene rings is 1. The zero-order valence-electron chi connectivity index (χ0n) is 9.28. The van der Waals surface area contributed by atoms with Crippen LogP contribution in [-0.2, 0) is 11.3 Å². The summed E-state index contributed by atoms with van der Waals surface area (Å²) >= 11 is 1.55. The number of amides is 1. The summed E-state index contributed by atoms with van der Waals surface area (Å²) in [7, 11) is 0. The van der Waals surface area contributed by atoms with Gasteiger partial charge in [0.15, 0.2) is 5.60 Å². The molecule has 0 bridgehead atoms. The molecule has 17 heavy (non-hydrogen) atoms. The largest absolute Gasteiger partial charge is 0.379 e. The molecule has 5 heteroatoms. The van der Waals surface area contributed by atoms with Crippen LogP contribution in [0.25, 0.3) is 0 Å². The fourth-order valence-electron chi connectivity index (χ4n) is 1.72. The standard InChI is InChI=1S/C12H14FNO2S/c13-10-4-2-1-3-9(10)7-14-11(15)12(16)5-6-17-8-12/h1-4,16H,5-8H2,(H,14,15). The molecule has 1 atom stereocenters. The van der Waals surface area contributed by atoms with Crippen LogP contribution in [0.15, 0.2) is 24.3 Å². The Kier molecular flexibility index (Phi) is 3.69. The lowest BCUT2D eigenvalue weighted by atomic mass is 10.0. The number of hydrogen-bond donors (Lipinski definition) is 2. The molecular formula is C12H14FNO2S. The predicted molar refractivity (Wildman–Crippen MR) is 65.1 cm³/mol. The third kappa shape index (κ3) is 2.79. The molecule has 2 rings (SSSR count). The Bertz CT molecular complexity index is 419. The summed E-state index contributed by atoms with van der Waals surface area (Å²) < 4.78 is 13.3. The number of carbonyl (C=O) groups is 1. The molecule has 1 aliphatic heterocycles. The van der Waals surface area contributed by atoms with Gasteiger partial charge < -0.3 is 10.4 Å². The van der Waals surface area contributed by atoms with Gasteiger partial charge in [0.1, 0.15) is 5.82 Å². The average molecular weight is 255 g/mol. The van der Waals surface area contributed by atoms with Gasteiger partial charge in [-0.1, -0.05) is 18.2 Å². The van der Waals surface area contributed by atoms with Crippen molar-refractivity contribution in [1.82, 2.24) is 5.32 Å². The molecule has 3 nitrogen and oxygen atoms in total. The summed E-state index contributed by atoms with van der Waals surface area (Å²) in [5, 5.41) is 12.6. The van der Waals surface area contributed by atoms with Gasteiger partial charge in [0.05, 0.1) is 0 Å². The number of carbonyl (C=O) groups excluding carboxylic acids is 1. The molecule has 2 N–H and O–H groups in total. The molecule has 0 spiro atoms. The van der Waals surface area contributed by atoms with E-state index in [2.05, 4.69) is 5.32 Å². The molecule has 1 aliphatic rings. The number of thioether (sulfide) groups is 1. The second-order valence-electron chi connectivity index (χ2n) is 4.11. The van der Waals surface area contributed by atoms with Crippen molar-refractivity contribution in [3.63, 3.8) is 0 Å². The first-order chi connectivity index (χ1) is 8.12. The van der Waals surface area contributed by atoms with E-state index in [0.29, 0.717) is 17.7 Å². The van der Waals surface area contributed by atoms with E-state index in [4.69, 9.17) is 0 Å². The fourth-order valence-corrected chi connectivity index (χ4v) is 2.95. The summed E-state index contributed by atoms with van der Waals surface area (Å²) in [6.07, 6.45) is 0.459. The normalized spacial score (nSPS) is 23.6. The molecule has 0 aliphatic carbocycles. The van der Waals surface area contributed by atoms with Crippen LogP contribution in [0.4, 0.5) is 4.39 Å². The summed E-state index contributed by atoms with van der Waals surface area (Å²) in [5.74, 6) is 0.436. The maximum atomic E-state index is 13.3. The average Bonchev–Trinajstić information content (AvgIpc) is 2.76. The highest BCUT2D eigenvalue weighted by Gasteiger charge is 2.39. The first kappa shape index (κ1) is 12.4. The van der Waals surface area contributed by atoms with E-state index in [1.54, 1.807) is 30.0 Å². The number of hydrogen-bond acceptors (Lipinski definition) is 3. The smallest absolute Gasteiger partial charge is 0.253 e. The third-order valence-electron chi connectivity index (χ3n) is 2.82. The number of halogens is 1. The van der Waals surface area contributed by atoms with E-state index in [0.717, 1.165) is 5.75 Å². The molecule has 1 aromatic carbocycles. The highest BCUT2D eigenvalue weighted by atomic mass is 32.2. The lowest BCUT2D eigenvalue weighted by Gasteiger charge is -2.20. The van der Waals surface area contributed by atoms with Crippen LogP contribution in [0.5, 0.6) is 0 Å². The van der Waals surface area contributed by atoms with Gasteiger partial charge in [0.25, 0.3) is 5.91 Å². The van der Waals surface area contributed by atoms with Crippen molar-refractivity contribution in [2.24, 2.45) is 0 Å². The van der Waals surface area contributed by atoms with Gasteiger partial charge in [-0.2, -0.15) is 11.8 Å². The van der Waals surface area contributed by atoms with E-state index < -0.39 is 11.5 Å². The fraction of sp³-hybridized carbons (Fsp3) is 0.417. The first-order valence-electron chi connectivity index (χ1n) is 5.44. The van der Waals surface area contributed by atoms with Crippen molar-refractivity contribution in [2.45, 2.75) is 18.6 Å². The Morgan fingerprint density at radius 2 is 2.29 bits per heavy atom. The van der Waals surface area contributed by atoms with Gasteiger partial charge in [-0.3, -0.25) is 4.79 Å². The Morgan fingerprint density at radius 1 is 1.53 bits per heavy atom. The molecule has 1 fully saturated rings. The van der Waals surface area contributed by atoms with Crippen molar-refractivity contribution < 1.29 is 14.3 Å². The van der Waals surface area contributed by atoms with Crippen LogP contribution in [0, 0.1) is 5.82 Å². The second kappa shape index (κ2) is 5.06. The molecule has 1 saturated heterocycles. The van der Waals surface area contributed by atoms with Crippen LogP contribution < -0.4 is 5.32 Å². The van der Waals surface area contributed by atoms with Crippen molar-refractivity contribution in [3.8, 4) is 0 Å². The maximum absolute atomic E-state index is 13.3. The molecule has 1 heterocycles. The summed E-state index contributed by atoms with van der Waals surface area (Å²) in [4.78, 5) is 11.8. The second-order valence-corrected chi connectivity index (χ2v) is 5.21. The molecule has 92 valence electrons. The molecule has 0 saturated carbocycles. The Labute approximate surface area is 103 Å². The van der Waals surface area contributed by atoms with Crippen LogP contribution in [0.2, 0.25) is 0 Å². The molecule has 1 aromatic rings. The number of aliphatic hydroxyl groups is 1. The predicted octanol–water partition coefficient (Wildman–Crippen LogP) is 1.31. The minimum atomic E-state index is -1.28. The van der Waals surface area contributed by atoms with Gasteiger partial charge in [-0.05, 0) is 18.2 Å². The Morgan fingerprint density at radius 3 is 2.94 bits per heavy atom. The zero-order valence-corrected chi connectivity index (χ0v) is 10.1. The maximum Gasteiger partial charge on any atom is 0.253 e. The SMILES string of the molecule is O=C(NCc1ccccc1F)C1(O)CCSC1. The highest BCUT2D eigenvalue weighted by molar-refractivity contribution is 7.99. The number of nitrogens with one attached hydrogen (secondary N) is 1. The van der Waals surface area contributed by atoms with Crippen LogP contribution in [0.3, 0.4) is 0 Å². The number of rotatable bonds is 3. The summed E-state index contributed by atoms with van der Waals surface area (Å²) in [6, 6.07) is 6.27. The van der Waals surface area contributed by atoms with E-state index in [1.165, 1.54) is 6.07 Å². The van der Waals surface area contributed by atoms with Crippen LogP contribution >= 0.6 is 11.8 Å². The lowest BCUT2D eigenvalue weighted by molar-refractivity contribution is -0.137. The van der Waals surface area contributed by atoms with E-state index in [1.807, 2.05) is 0 Å². The molecule has 0 radical (unpaired) electrons. The van der Waals surface area contributed by atoms with Crippen molar-refractivity contribution in [1.29, 1.82) is 0 Å². The van der Waals surface area contributed by atoms with Gasteiger partial charge in [-0.25, -0.2) is 4.39 Å². The summed E-state index contributed by atoms with van der Waals surface area (Å²) in [6.45, 7) is 0.110.